The van der Waals surface area contributed by atoms with Crippen LogP contribution in [0.3, 0.4) is 0 Å². The highest BCUT2D eigenvalue weighted by atomic mass is 32.2. The Labute approximate surface area is 214 Å². The van der Waals surface area contributed by atoms with Crippen LogP contribution in [0, 0.1) is 5.92 Å². The Morgan fingerprint density at radius 3 is 1.49 bits per heavy atom. The van der Waals surface area contributed by atoms with Crippen LogP contribution in [-0.2, 0) is 20.4 Å². The molecule has 0 saturated heterocycles. The summed E-state index contributed by atoms with van der Waals surface area (Å²) in [7, 11) is 0.441. The molecule has 3 aromatic carbocycles. The van der Waals surface area contributed by atoms with E-state index >= 15 is 0 Å². The van der Waals surface area contributed by atoms with Crippen molar-refractivity contribution in [1.82, 2.24) is 0 Å². The van der Waals surface area contributed by atoms with E-state index in [1.165, 1.54) is 26.0 Å². The normalized spacial score (nSPS) is 13.7. The third-order valence-electron chi connectivity index (χ3n) is 5.47. The van der Waals surface area contributed by atoms with Crippen molar-refractivity contribution in [3.8, 4) is 5.75 Å². The molecule has 1 atom stereocenters. The zero-order chi connectivity index (χ0) is 27.3. The molecule has 0 aliphatic carbocycles. The molecule has 0 saturated carbocycles. The van der Waals surface area contributed by atoms with Gasteiger partial charge in [-0.1, -0.05) is 50.2 Å². The lowest BCUT2D eigenvalue weighted by molar-refractivity contribution is -0.415. The van der Waals surface area contributed by atoms with Gasteiger partial charge in [-0.15, -0.1) is 0 Å². The minimum atomic E-state index is -5.82. The van der Waals surface area contributed by atoms with Crippen LogP contribution in [0.4, 0.5) is 26.3 Å². The standard InChI is InChI=1S/C27H27F6O3S/c1-19(2)24(34-3)36-25(26(28,29)30,27(31,32)33)18-35-20-14-16-23(17-15-20)37(21-10-6-4-7-11-21)22-12-8-5-9-13-22/h4-17,19,24H,18H2,1-3H3/q+1. The summed E-state index contributed by atoms with van der Waals surface area (Å²) in [6.45, 7) is 0.957. The fourth-order valence-electron chi connectivity index (χ4n) is 3.52. The number of methoxy groups -OCH3 is 1. The van der Waals surface area contributed by atoms with Crippen LogP contribution in [0.2, 0.25) is 0 Å². The highest BCUT2D eigenvalue weighted by Gasteiger charge is 2.74. The van der Waals surface area contributed by atoms with Gasteiger partial charge in [0, 0.05) is 13.0 Å². The Hall–Kier alpha value is -2.69. The van der Waals surface area contributed by atoms with Crippen molar-refractivity contribution < 1.29 is 40.6 Å². The average molecular weight is 546 g/mol. The van der Waals surface area contributed by atoms with E-state index in [-0.39, 0.29) is 5.75 Å². The SMILES string of the molecule is COC(OC(COc1ccc([S+](c2ccccc2)c2ccccc2)cc1)(C(F)(F)F)C(F)(F)F)C(C)C. The zero-order valence-corrected chi connectivity index (χ0v) is 21.2. The first-order valence-corrected chi connectivity index (χ1v) is 12.5. The number of ether oxygens (including phenoxy) is 3. The zero-order valence-electron chi connectivity index (χ0n) is 20.3. The maximum atomic E-state index is 13.9. The first-order valence-electron chi connectivity index (χ1n) is 11.3. The number of benzene rings is 3. The molecule has 0 bridgehead atoms. The topological polar surface area (TPSA) is 27.7 Å². The molecular formula is C27H27F6O3S+. The monoisotopic (exact) mass is 545 g/mol. The van der Waals surface area contributed by atoms with Gasteiger partial charge in [0.1, 0.15) is 12.4 Å². The molecule has 0 spiro atoms. The molecule has 0 aliphatic rings. The summed E-state index contributed by atoms with van der Waals surface area (Å²) in [5, 5.41) is 0. The van der Waals surface area contributed by atoms with Crippen LogP contribution < -0.4 is 4.74 Å². The third kappa shape index (κ3) is 6.61. The molecule has 3 nitrogen and oxygen atoms in total. The number of hydrogen-bond donors (Lipinski definition) is 0. The fraction of sp³-hybridized carbons (Fsp3) is 0.333. The minimum absolute atomic E-state index is 0.159. The van der Waals surface area contributed by atoms with Crippen LogP contribution >= 0.6 is 0 Å². The molecule has 0 aliphatic heterocycles. The molecule has 0 heterocycles. The number of halogens is 6. The van der Waals surface area contributed by atoms with Gasteiger partial charge in [-0.2, -0.15) is 26.3 Å². The molecular weight excluding hydrogens is 518 g/mol. The Balaban J connectivity index is 1.91. The number of alkyl halides is 6. The largest absolute Gasteiger partial charge is 0.490 e. The van der Waals surface area contributed by atoms with Crippen molar-refractivity contribution >= 4 is 10.9 Å². The molecule has 0 fully saturated rings. The van der Waals surface area contributed by atoms with Gasteiger partial charge in [-0.05, 0) is 48.5 Å². The smallest absolute Gasteiger partial charge is 0.430 e. The summed E-state index contributed by atoms with van der Waals surface area (Å²) >= 11 is 0. The van der Waals surface area contributed by atoms with Gasteiger partial charge in [-0.25, -0.2) is 0 Å². The van der Waals surface area contributed by atoms with Gasteiger partial charge in [0.2, 0.25) is 0 Å². The lowest BCUT2D eigenvalue weighted by Crippen LogP contribution is -2.64. The van der Waals surface area contributed by atoms with E-state index in [0.717, 1.165) is 21.8 Å². The van der Waals surface area contributed by atoms with E-state index in [2.05, 4.69) is 4.74 Å². The van der Waals surface area contributed by atoms with Gasteiger partial charge < -0.3 is 14.2 Å². The summed E-state index contributed by atoms with van der Waals surface area (Å²) in [4.78, 5) is 2.82. The Morgan fingerprint density at radius 1 is 0.676 bits per heavy atom. The number of hydrogen-bond acceptors (Lipinski definition) is 3. The Bertz CT molecular complexity index is 1050. The molecule has 0 amide bonds. The second-order valence-electron chi connectivity index (χ2n) is 8.48. The first-order chi connectivity index (χ1) is 17.4. The number of rotatable bonds is 10. The van der Waals surface area contributed by atoms with E-state index in [0.29, 0.717) is 0 Å². The van der Waals surface area contributed by atoms with Crippen molar-refractivity contribution in [2.75, 3.05) is 13.7 Å². The van der Waals surface area contributed by atoms with Crippen LogP contribution in [0.1, 0.15) is 13.8 Å². The predicted octanol–water partition coefficient (Wildman–Crippen LogP) is 7.67. The molecule has 37 heavy (non-hydrogen) atoms. The lowest BCUT2D eigenvalue weighted by Gasteiger charge is -2.39. The molecule has 0 radical (unpaired) electrons. The second kappa shape index (κ2) is 11.8. The van der Waals surface area contributed by atoms with E-state index in [9.17, 15) is 26.3 Å². The third-order valence-corrected chi connectivity index (χ3v) is 7.70. The average Bonchev–Trinajstić information content (AvgIpc) is 2.85. The van der Waals surface area contributed by atoms with Crippen molar-refractivity contribution in [2.24, 2.45) is 5.92 Å². The van der Waals surface area contributed by atoms with Gasteiger partial charge in [0.05, 0.1) is 10.9 Å². The molecule has 0 N–H and O–H groups in total. The van der Waals surface area contributed by atoms with Crippen LogP contribution in [0.15, 0.2) is 99.6 Å². The van der Waals surface area contributed by atoms with Gasteiger partial charge in [0.25, 0.3) is 5.60 Å². The van der Waals surface area contributed by atoms with E-state index < -0.39 is 47.7 Å². The van der Waals surface area contributed by atoms with Crippen molar-refractivity contribution in [1.29, 1.82) is 0 Å². The summed E-state index contributed by atoms with van der Waals surface area (Å²) in [5.74, 6) is -0.935. The highest BCUT2D eigenvalue weighted by molar-refractivity contribution is 7.97. The molecule has 1 unspecified atom stereocenters. The maximum Gasteiger partial charge on any atom is 0.430 e. The second-order valence-corrected chi connectivity index (χ2v) is 10.5. The molecule has 3 rings (SSSR count). The van der Waals surface area contributed by atoms with Crippen LogP contribution in [0.25, 0.3) is 0 Å². The van der Waals surface area contributed by atoms with Gasteiger partial charge >= 0.3 is 12.4 Å². The van der Waals surface area contributed by atoms with Crippen molar-refractivity contribution in [3.63, 3.8) is 0 Å². The summed E-state index contributed by atoms with van der Waals surface area (Å²) in [5.41, 5.74) is -4.58. The van der Waals surface area contributed by atoms with Crippen LogP contribution in [-0.4, -0.2) is 38.0 Å². The lowest BCUT2D eigenvalue weighted by atomic mass is 10.0. The molecule has 3 aromatic rings. The minimum Gasteiger partial charge on any atom is -0.490 e. The van der Waals surface area contributed by atoms with E-state index in [1.807, 2.05) is 60.7 Å². The molecule has 0 aromatic heterocycles. The summed E-state index contributed by atoms with van der Waals surface area (Å²) < 4.78 is 97.8. The van der Waals surface area contributed by atoms with E-state index in [1.54, 1.807) is 12.1 Å². The predicted molar refractivity (Wildman–Crippen MR) is 129 cm³/mol. The summed E-state index contributed by atoms with van der Waals surface area (Å²) in [6, 6.07) is 25.2. The quantitative estimate of drug-likeness (QED) is 0.149. The molecule has 10 heteroatoms. The summed E-state index contributed by atoms with van der Waals surface area (Å²) in [6.07, 6.45) is -13.4. The first kappa shape index (κ1) is 28.9. The maximum absolute atomic E-state index is 13.9. The fourth-order valence-corrected chi connectivity index (χ4v) is 5.61. The van der Waals surface area contributed by atoms with Gasteiger partial charge in [-0.3, -0.25) is 0 Å². The Morgan fingerprint density at radius 2 is 1.11 bits per heavy atom. The van der Waals surface area contributed by atoms with Crippen molar-refractivity contribution in [3.05, 3.63) is 84.9 Å². The Kier molecular flexibility index (Phi) is 9.20. The van der Waals surface area contributed by atoms with Gasteiger partial charge in [0.15, 0.2) is 21.0 Å². The molecule has 200 valence electrons. The van der Waals surface area contributed by atoms with Crippen LogP contribution in [0.5, 0.6) is 5.75 Å². The van der Waals surface area contributed by atoms with E-state index in [4.69, 9.17) is 9.47 Å². The highest BCUT2D eigenvalue weighted by Crippen LogP contribution is 2.47. The van der Waals surface area contributed by atoms with Crippen molar-refractivity contribution in [2.45, 2.75) is 52.8 Å².